The van der Waals surface area contributed by atoms with Gasteiger partial charge in [-0.05, 0) is 42.7 Å². The van der Waals surface area contributed by atoms with Gasteiger partial charge in [-0.25, -0.2) is 9.18 Å². The number of carboxylic acid groups (broad SMARTS) is 1. The van der Waals surface area contributed by atoms with Gasteiger partial charge < -0.3 is 19.1 Å². The van der Waals surface area contributed by atoms with Crippen molar-refractivity contribution in [3.63, 3.8) is 0 Å². The van der Waals surface area contributed by atoms with E-state index in [0.717, 1.165) is 5.39 Å². The highest BCUT2D eigenvalue weighted by Crippen LogP contribution is 2.42. The molecule has 1 fully saturated rings. The zero-order valence-electron chi connectivity index (χ0n) is 18.3. The molecule has 2 N–H and O–H groups in total. The van der Waals surface area contributed by atoms with Crippen molar-refractivity contribution < 1.29 is 32.5 Å². The van der Waals surface area contributed by atoms with Gasteiger partial charge in [-0.1, -0.05) is 0 Å². The van der Waals surface area contributed by atoms with E-state index in [1.165, 1.54) is 19.2 Å². The van der Waals surface area contributed by atoms with Crippen LogP contribution in [-0.2, 0) is 16.0 Å². The Hall–Kier alpha value is -3.53. The summed E-state index contributed by atoms with van der Waals surface area (Å²) in [5.41, 5.74) is 2.58. The third kappa shape index (κ3) is 3.67. The standard InChI is InChI=1S/C24H22F3N3O4/c1-33-21-9-15(2-3-18(21)25)30-20-8-14-12-28-29-19(14)10-16(20)17(11-24(26,27)23(31)32)22(30)13-4-6-34-7-5-13/h2-3,8-10,12-13H,4-7,11H2,1H3,(H,28,29)(H,31,32). The fourth-order valence-electron chi connectivity index (χ4n) is 4.76. The van der Waals surface area contributed by atoms with E-state index in [-0.39, 0.29) is 17.2 Å². The number of aliphatic carboxylic acids is 1. The van der Waals surface area contributed by atoms with Crippen molar-refractivity contribution in [2.24, 2.45) is 0 Å². The van der Waals surface area contributed by atoms with Gasteiger partial charge in [0, 0.05) is 47.4 Å². The Morgan fingerprint density at radius 1 is 1.29 bits per heavy atom. The van der Waals surface area contributed by atoms with Gasteiger partial charge in [-0.3, -0.25) is 5.10 Å². The molecule has 0 radical (unpaired) electrons. The molecule has 4 aromatic rings. The number of fused-ring (bicyclic) bond motifs is 2. The van der Waals surface area contributed by atoms with Gasteiger partial charge in [-0.15, -0.1) is 0 Å². The normalized spacial score (nSPS) is 15.3. The van der Waals surface area contributed by atoms with Gasteiger partial charge in [0.25, 0.3) is 0 Å². The Morgan fingerprint density at radius 3 is 2.76 bits per heavy atom. The number of H-pyrrole nitrogens is 1. The summed E-state index contributed by atoms with van der Waals surface area (Å²) >= 11 is 0. The molecule has 1 saturated heterocycles. The molecule has 1 aliphatic heterocycles. The van der Waals surface area contributed by atoms with Crippen LogP contribution in [0.25, 0.3) is 27.5 Å². The summed E-state index contributed by atoms with van der Waals surface area (Å²) in [6, 6.07) is 7.85. The van der Waals surface area contributed by atoms with Crippen LogP contribution < -0.4 is 4.74 Å². The number of aromatic nitrogens is 3. The number of carboxylic acids is 1. The van der Waals surface area contributed by atoms with Crippen LogP contribution in [-0.4, -0.2) is 52.1 Å². The Kier molecular flexibility index (Phi) is 5.47. The van der Waals surface area contributed by atoms with E-state index < -0.39 is 24.1 Å². The molecule has 10 heteroatoms. The van der Waals surface area contributed by atoms with Crippen molar-refractivity contribution in [3.8, 4) is 11.4 Å². The van der Waals surface area contributed by atoms with Crippen LogP contribution in [0.5, 0.6) is 5.75 Å². The molecule has 2 aromatic carbocycles. The second-order valence-corrected chi connectivity index (χ2v) is 8.42. The minimum absolute atomic E-state index is 0.0130. The summed E-state index contributed by atoms with van der Waals surface area (Å²) in [6.07, 6.45) is 1.81. The predicted molar refractivity (Wildman–Crippen MR) is 119 cm³/mol. The molecule has 7 nitrogen and oxygen atoms in total. The summed E-state index contributed by atoms with van der Waals surface area (Å²) in [5.74, 6) is -6.85. The summed E-state index contributed by atoms with van der Waals surface area (Å²) in [4.78, 5) is 11.4. The molecule has 178 valence electrons. The van der Waals surface area contributed by atoms with Crippen LogP contribution in [0, 0.1) is 5.82 Å². The van der Waals surface area contributed by atoms with Crippen molar-refractivity contribution in [2.45, 2.75) is 31.1 Å². The number of nitrogens with zero attached hydrogens (tertiary/aromatic N) is 2. The fraction of sp³-hybridized carbons (Fsp3) is 0.333. The lowest BCUT2D eigenvalue weighted by molar-refractivity contribution is -0.164. The number of benzene rings is 2. The number of aromatic amines is 1. The second-order valence-electron chi connectivity index (χ2n) is 8.42. The molecule has 2 aromatic heterocycles. The summed E-state index contributed by atoms with van der Waals surface area (Å²) < 4.78 is 55.9. The number of alkyl halides is 2. The number of methoxy groups -OCH3 is 1. The fourth-order valence-corrected chi connectivity index (χ4v) is 4.76. The number of rotatable bonds is 6. The first-order valence-corrected chi connectivity index (χ1v) is 10.8. The second kappa shape index (κ2) is 8.35. The van der Waals surface area contributed by atoms with Crippen molar-refractivity contribution in [3.05, 3.63) is 53.6 Å². The smallest absolute Gasteiger partial charge is 0.374 e. The van der Waals surface area contributed by atoms with E-state index in [1.54, 1.807) is 18.3 Å². The highest BCUT2D eigenvalue weighted by atomic mass is 19.3. The molecule has 0 atom stereocenters. The largest absolute Gasteiger partial charge is 0.494 e. The summed E-state index contributed by atoms with van der Waals surface area (Å²) in [6.45, 7) is 0.914. The van der Waals surface area contributed by atoms with Crippen molar-refractivity contribution in [1.82, 2.24) is 14.8 Å². The van der Waals surface area contributed by atoms with Gasteiger partial charge in [0.15, 0.2) is 11.6 Å². The van der Waals surface area contributed by atoms with Gasteiger partial charge >= 0.3 is 11.9 Å². The average molecular weight is 473 g/mol. The Bertz CT molecular complexity index is 1390. The molecule has 0 aliphatic carbocycles. The molecule has 5 rings (SSSR count). The molecule has 0 unspecified atom stereocenters. The summed E-state index contributed by atoms with van der Waals surface area (Å²) in [7, 11) is 1.35. The molecule has 0 saturated carbocycles. The zero-order valence-corrected chi connectivity index (χ0v) is 18.3. The lowest BCUT2D eigenvalue weighted by atomic mass is 9.90. The SMILES string of the molecule is COc1cc(-n2c(C3CCOCC3)c(CC(F)(F)C(=O)O)c3cc4[nH]ncc4cc32)ccc1F. The maximum absolute atomic E-state index is 14.6. The molecule has 0 bridgehead atoms. The number of hydrogen-bond acceptors (Lipinski definition) is 4. The number of hydrogen-bond donors (Lipinski definition) is 2. The van der Waals surface area contributed by atoms with Crippen molar-refractivity contribution in [2.75, 3.05) is 20.3 Å². The molecular formula is C24H22F3N3O4. The maximum Gasteiger partial charge on any atom is 0.374 e. The van der Waals surface area contributed by atoms with Crippen LogP contribution >= 0.6 is 0 Å². The summed E-state index contributed by atoms with van der Waals surface area (Å²) in [5, 5.41) is 17.3. The minimum atomic E-state index is -3.97. The molecular weight excluding hydrogens is 451 g/mol. The first kappa shape index (κ1) is 22.3. The lowest BCUT2D eigenvalue weighted by Gasteiger charge is -2.26. The Balaban J connectivity index is 1.86. The lowest BCUT2D eigenvalue weighted by Crippen LogP contribution is -2.31. The number of ether oxygens (including phenoxy) is 2. The predicted octanol–water partition coefficient (Wildman–Crippen LogP) is 4.81. The highest BCUT2D eigenvalue weighted by molar-refractivity contribution is 5.99. The zero-order chi connectivity index (χ0) is 24.0. The third-order valence-corrected chi connectivity index (χ3v) is 6.39. The molecule has 0 amide bonds. The van der Waals surface area contributed by atoms with Crippen molar-refractivity contribution in [1.29, 1.82) is 0 Å². The quantitative estimate of drug-likeness (QED) is 0.420. The number of carbonyl (C=O) groups is 1. The highest BCUT2D eigenvalue weighted by Gasteiger charge is 2.42. The van der Waals surface area contributed by atoms with Crippen molar-refractivity contribution >= 4 is 27.8 Å². The van der Waals surface area contributed by atoms with Crippen LogP contribution in [0.2, 0.25) is 0 Å². The Labute approximate surface area is 192 Å². The molecule has 0 spiro atoms. The van der Waals surface area contributed by atoms with E-state index in [2.05, 4.69) is 10.2 Å². The van der Waals surface area contributed by atoms with E-state index in [1.807, 2.05) is 10.6 Å². The molecule has 34 heavy (non-hydrogen) atoms. The average Bonchev–Trinajstić information content (AvgIpc) is 3.40. The first-order valence-electron chi connectivity index (χ1n) is 10.8. The topological polar surface area (TPSA) is 89.4 Å². The van der Waals surface area contributed by atoms with E-state index in [9.17, 15) is 23.1 Å². The van der Waals surface area contributed by atoms with E-state index in [4.69, 9.17) is 9.47 Å². The van der Waals surface area contributed by atoms with Crippen LogP contribution in [0.1, 0.15) is 30.0 Å². The van der Waals surface area contributed by atoms with Gasteiger partial charge in [0.1, 0.15) is 0 Å². The number of nitrogens with one attached hydrogen (secondary N) is 1. The monoisotopic (exact) mass is 473 g/mol. The Morgan fingerprint density at radius 2 is 2.06 bits per heavy atom. The van der Waals surface area contributed by atoms with Gasteiger partial charge in [0.05, 0.1) is 30.8 Å². The van der Waals surface area contributed by atoms with Crippen LogP contribution in [0.3, 0.4) is 0 Å². The molecule has 3 heterocycles. The van der Waals surface area contributed by atoms with Crippen LogP contribution in [0.15, 0.2) is 36.5 Å². The minimum Gasteiger partial charge on any atom is -0.494 e. The number of halogens is 3. The molecule has 1 aliphatic rings. The van der Waals surface area contributed by atoms with Gasteiger partial charge in [-0.2, -0.15) is 13.9 Å². The van der Waals surface area contributed by atoms with Gasteiger partial charge in [0.2, 0.25) is 0 Å². The maximum atomic E-state index is 14.6. The van der Waals surface area contributed by atoms with E-state index in [0.29, 0.717) is 53.9 Å². The van der Waals surface area contributed by atoms with Crippen LogP contribution in [0.4, 0.5) is 13.2 Å². The third-order valence-electron chi connectivity index (χ3n) is 6.39. The van der Waals surface area contributed by atoms with E-state index >= 15 is 0 Å². The first-order chi connectivity index (χ1) is 16.3.